The second-order valence-electron chi connectivity index (χ2n) is 14.0. The zero-order valence-corrected chi connectivity index (χ0v) is 23.6. The molecule has 2 saturated heterocycles. The largest absolute Gasteiger partial charge is 0.462 e. The van der Waals surface area contributed by atoms with Gasteiger partial charge in [-0.2, -0.15) is 0 Å². The highest BCUT2D eigenvalue weighted by Gasteiger charge is 2.70. The maximum Gasteiger partial charge on any atom is 0.302 e. The summed E-state index contributed by atoms with van der Waals surface area (Å²) in [6, 6.07) is 0. The minimum Gasteiger partial charge on any atom is -0.462 e. The predicted molar refractivity (Wildman–Crippen MR) is 138 cm³/mol. The summed E-state index contributed by atoms with van der Waals surface area (Å²) in [6.45, 7) is 13.3. The van der Waals surface area contributed by atoms with E-state index in [0.717, 1.165) is 58.0 Å². The van der Waals surface area contributed by atoms with Crippen molar-refractivity contribution in [2.75, 3.05) is 6.61 Å². The summed E-state index contributed by atoms with van der Waals surface area (Å²) in [6.07, 6.45) is 10.3. The van der Waals surface area contributed by atoms with Gasteiger partial charge in [-0.15, -0.1) is 0 Å². The predicted octanol–water partition coefficient (Wildman–Crippen LogP) is 5.83. The van der Waals surface area contributed by atoms with Crippen molar-refractivity contribution in [3.8, 4) is 0 Å². The number of rotatable bonds is 2. The molecule has 2 heterocycles. The summed E-state index contributed by atoms with van der Waals surface area (Å²) in [5.74, 6) is 1.83. The third kappa shape index (κ3) is 3.86. The van der Waals surface area contributed by atoms with Gasteiger partial charge in [0, 0.05) is 38.5 Å². The van der Waals surface area contributed by atoms with E-state index in [1.807, 2.05) is 0 Å². The number of hydrogen-bond donors (Lipinski definition) is 0. The molecule has 3 saturated carbocycles. The smallest absolute Gasteiger partial charge is 0.302 e. The Labute approximate surface area is 222 Å². The SMILES string of the molecule is CC(=O)OC1CCC2(C)C(=CCC3C2C(OC(C)=O)CC2(C)C3CC3OC4(CCC(C)CO4)C(C)C32)C1. The van der Waals surface area contributed by atoms with Gasteiger partial charge >= 0.3 is 11.9 Å². The first-order chi connectivity index (χ1) is 17.5. The van der Waals surface area contributed by atoms with Crippen LogP contribution in [0.25, 0.3) is 0 Å². The Bertz CT molecular complexity index is 980. The topological polar surface area (TPSA) is 71.1 Å². The second kappa shape index (κ2) is 8.81. The molecule has 6 rings (SSSR count). The summed E-state index contributed by atoms with van der Waals surface area (Å²) < 4.78 is 25.3. The summed E-state index contributed by atoms with van der Waals surface area (Å²) in [4.78, 5) is 24.1. The molecule has 12 unspecified atom stereocenters. The standard InChI is InChI=1S/C31H46O6/c1-17-9-12-31(34-16-17)18(2)27-25(37-31)14-24-23-8-7-21-13-22(35-19(3)32)10-11-29(21,5)28(23)26(36-20(4)33)15-30(24,27)6/h7,17-18,22-28H,8-16H2,1-6H3. The van der Waals surface area contributed by atoms with Crippen LogP contribution in [-0.4, -0.2) is 42.6 Å². The molecule has 37 heavy (non-hydrogen) atoms. The second-order valence-corrected chi connectivity index (χ2v) is 14.0. The molecule has 2 aliphatic heterocycles. The fourth-order valence-electron chi connectivity index (χ4n) is 10.4. The lowest BCUT2D eigenvalue weighted by atomic mass is 9.46. The molecule has 0 bridgehead atoms. The number of ether oxygens (including phenoxy) is 4. The molecule has 0 amide bonds. The lowest BCUT2D eigenvalue weighted by Crippen LogP contribution is -2.58. The minimum atomic E-state index is -0.440. The van der Waals surface area contributed by atoms with E-state index in [0.29, 0.717) is 35.5 Å². The number of hydrogen-bond acceptors (Lipinski definition) is 6. The van der Waals surface area contributed by atoms with Gasteiger partial charge in [0.25, 0.3) is 0 Å². The van der Waals surface area contributed by atoms with Gasteiger partial charge in [-0.1, -0.05) is 39.3 Å². The molecule has 0 radical (unpaired) electrons. The highest BCUT2D eigenvalue weighted by Crippen LogP contribution is 2.71. The molecule has 5 fully saturated rings. The highest BCUT2D eigenvalue weighted by molar-refractivity contribution is 5.66. The van der Waals surface area contributed by atoms with Crippen LogP contribution in [0, 0.1) is 46.3 Å². The van der Waals surface area contributed by atoms with Crippen molar-refractivity contribution in [1.82, 2.24) is 0 Å². The van der Waals surface area contributed by atoms with Crippen LogP contribution in [-0.2, 0) is 28.5 Å². The quantitative estimate of drug-likeness (QED) is 0.341. The highest BCUT2D eigenvalue weighted by atomic mass is 16.7. The zero-order valence-electron chi connectivity index (χ0n) is 23.6. The van der Waals surface area contributed by atoms with E-state index in [1.54, 1.807) is 6.92 Å². The minimum absolute atomic E-state index is 0.0327. The van der Waals surface area contributed by atoms with Gasteiger partial charge in [0.15, 0.2) is 5.79 Å². The Morgan fingerprint density at radius 3 is 2.46 bits per heavy atom. The van der Waals surface area contributed by atoms with E-state index in [9.17, 15) is 9.59 Å². The number of fused-ring (bicyclic) bond motifs is 7. The first-order valence-corrected chi connectivity index (χ1v) is 14.8. The van der Waals surface area contributed by atoms with Crippen LogP contribution in [0.5, 0.6) is 0 Å². The lowest BCUT2D eigenvalue weighted by Gasteiger charge is -2.60. The average Bonchev–Trinajstić information content (AvgIpc) is 3.25. The van der Waals surface area contributed by atoms with Crippen molar-refractivity contribution < 1.29 is 28.5 Å². The number of esters is 2. The molecule has 0 aromatic heterocycles. The fraction of sp³-hybridized carbons (Fsp3) is 0.871. The van der Waals surface area contributed by atoms with Crippen molar-refractivity contribution in [2.45, 2.75) is 117 Å². The van der Waals surface area contributed by atoms with Gasteiger partial charge in [-0.05, 0) is 73.0 Å². The Balaban J connectivity index is 1.32. The molecular weight excluding hydrogens is 468 g/mol. The normalized spacial score (nSPS) is 52.4. The molecule has 0 N–H and O–H groups in total. The fourth-order valence-corrected chi connectivity index (χ4v) is 10.4. The Kier molecular flexibility index (Phi) is 6.15. The summed E-state index contributed by atoms with van der Waals surface area (Å²) >= 11 is 0. The van der Waals surface area contributed by atoms with Gasteiger partial charge in [0.1, 0.15) is 12.2 Å². The van der Waals surface area contributed by atoms with Crippen molar-refractivity contribution >= 4 is 11.9 Å². The van der Waals surface area contributed by atoms with Crippen LogP contribution in [0.4, 0.5) is 0 Å². The summed E-state index contributed by atoms with van der Waals surface area (Å²) in [5, 5.41) is 0. The molecule has 0 aromatic carbocycles. The van der Waals surface area contributed by atoms with Gasteiger partial charge in [0.2, 0.25) is 0 Å². The molecular formula is C31H46O6. The van der Waals surface area contributed by atoms with Crippen LogP contribution in [0.15, 0.2) is 11.6 Å². The van der Waals surface area contributed by atoms with E-state index < -0.39 is 5.79 Å². The molecule has 4 aliphatic carbocycles. The van der Waals surface area contributed by atoms with E-state index in [2.05, 4.69) is 33.8 Å². The molecule has 6 heteroatoms. The summed E-state index contributed by atoms with van der Waals surface area (Å²) in [5.41, 5.74) is 1.42. The van der Waals surface area contributed by atoms with Crippen molar-refractivity contribution in [3.63, 3.8) is 0 Å². The van der Waals surface area contributed by atoms with Gasteiger partial charge in [-0.3, -0.25) is 9.59 Å². The van der Waals surface area contributed by atoms with Crippen LogP contribution in [0.1, 0.15) is 92.9 Å². The van der Waals surface area contributed by atoms with Crippen LogP contribution >= 0.6 is 0 Å². The maximum atomic E-state index is 12.4. The van der Waals surface area contributed by atoms with E-state index in [1.165, 1.54) is 12.5 Å². The molecule has 0 aromatic rings. The average molecular weight is 515 g/mol. The third-order valence-electron chi connectivity index (χ3n) is 11.9. The third-order valence-corrected chi connectivity index (χ3v) is 11.9. The molecule has 6 aliphatic rings. The number of carbonyl (C=O) groups is 2. The van der Waals surface area contributed by atoms with Crippen LogP contribution in [0.2, 0.25) is 0 Å². The van der Waals surface area contributed by atoms with Crippen molar-refractivity contribution in [1.29, 1.82) is 0 Å². The van der Waals surface area contributed by atoms with Crippen molar-refractivity contribution in [3.05, 3.63) is 11.6 Å². The summed E-state index contributed by atoms with van der Waals surface area (Å²) in [7, 11) is 0. The lowest BCUT2D eigenvalue weighted by molar-refractivity contribution is -0.273. The molecule has 206 valence electrons. The van der Waals surface area contributed by atoms with Gasteiger partial charge < -0.3 is 18.9 Å². The zero-order chi connectivity index (χ0) is 26.3. The van der Waals surface area contributed by atoms with Gasteiger partial charge in [-0.25, -0.2) is 0 Å². The van der Waals surface area contributed by atoms with Crippen LogP contribution in [0.3, 0.4) is 0 Å². The number of allylic oxidation sites excluding steroid dienone is 1. The van der Waals surface area contributed by atoms with E-state index in [4.69, 9.17) is 18.9 Å². The first kappa shape index (κ1) is 25.9. The first-order valence-electron chi connectivity index (χ1n) is 14.8. The molecule has 6 nitrogen and oxygen atoms in total. The Morgan fingerprint density at radius 2 is 1.78 bits per heavy atom. The van der Waals surface area contributed by atoms with Gasteiger partial charge in [0.05, 0.1) is 12.7 Å². The van der Waals surface area contributed by atoms with E-state index in [-0.39, 0.29) is 41.1 Å². The Morgan fingerprint density at radius 1 is 1.03 bits per heavy atom. The van der Waals surface area contributed by atoms with Crippen LogP contribution < -0.4 is 0 Å². The van der Waals surface area contributed by atoms with Crippen molar-refractivity contribution in [2.24, 2.45) is 46.3 Å². The monoisotopic (exact) mass is 514 g/mol. The number of carbonyl (C=O) groups excluding carboxylic acids is 2. The molecule has 12 atom stereocenters. The maximum absolute atomic E-state index is 12.4. The van der Waals surface area contributed by atoms with E-state index >= 15 is 0 Å². The molecule has 1 spiro atoms. The Hall–Kier alpha value is -1.40.